The Kier molecular flexibility index (Phi) is 5.90. The van der Waals surface area contributed by atoms with Crippen LogP contribution in [0.25, 0.3) is 0 Å². The summed E-state index contributed by atoms with van der Waals surface area (Å²) in [6, 6.07) is 12.0. The minimum atomic E-state index is -1.74. The van der Waals surface area contributed by atoms with Gasteiger partial charge in [0.1, 0.15) is 18.0 Å². The van der Waals surface area contributed by atoms with E-state index in [1.807, 2.05) is 24.3 Å². The highest BCUT2D eigenvalue weighted by Crippen LogP contribution is 2.35. The number of aryl methyl sites for hydroxylation is 1. The summed E-state index contributed by atoms with van der Waals surface area (Å²) in [7, 11) is 0. The lowest BCUT2D eigenvalue weighted by atomic mass is 9.86. The summed E-state index contributed by atoms with van der Waals surface area (Å²) >= 11 is 0. The number of ether oxygens (including phenoxy) is 3. The first-order chi connectivity index (χ1) is 15.5. The van der Waals surface area contributed by atoms with E-state index in [1.165, 1.54) is 11.1 Å². The van der Waals surface area contributed by atoms with Crippen molar-refractivity contribution >= 4 is 5.97 Å². The van der Waals surface area contributed by atoms with Gasteiger partial charge in [0.2, 0.25) is 0 Å². The molecule has 7 heteroatoms. The molecule has 0 radical (unpaired) electrons. The molecule has 0 spiro atoms. The molecule has 4 unspecified atom stereocenters. The molecule has 3 aliphatic heterocycles. The fraction of sp³-hybridized carbons (Fsp3) is 0.480. The van der Waals surface area contributed by atoms with Crippen LogP contribution in [0, 0.1) is 0 Å². The minimum Gasteiger partial charge on any atom is -0.493 e. The Morgan fingerprint density at radius 2 is 1.81 bits per heavy atom. The van der Waals surface area contributed by atoms with Crippen molar-refractivity contribution in [3.63, 3.8) is 0 Å². The molecule has 3 N–H and O–H groups in total. The van der Waals surface area contributed by atoms with Crippen molar-refractivity contribution in [3.8, 4) is 5.75 Å². The Morgan fingerprint density at radius 1 is 0.969 bits per heavy atom. The molecule has 3 aliphatic rings. The maximum atomic E-state index is 11.9. The summed E-state index contributed by atoms with van der Waals surface area (Å²) in [6.45, 7) is 2.08. The van der Waals surface area contributed by atoms with Gasteiger partial charge in [-0.2, -0.15) is 0 Å². The number of esters is 1. The molecule has 0 bridgehead atoms. The second-order valence-electron chi connectivity index (χ2n) is 8.90. The summed E-state index contributed by atoms with van der Waals surface area (Å²) in [4.78, 5) is 11.9. The van der Waals surface area contributed by atoms with Crippen molar-refractivity contribution in [3.05, 3.63) is 64.2 Å². The second-order valence-corrected chi connectivity index (χ2v) is 8.90. The molecule has 3 heterocycles. The Balaban J connectivity index is 1.47. The number of carbonyl (C=O) groups is 1. The third kappa shape index (κ3) is 4.01. The number of carbonyl (C=O) groups excluding carboxylic acids is 1. The van der Waals surface area contributed by atoms with E-state index in [-0.39, 0.29) is 0 Å². The first-order valence-corrected chi connectivity index (χ1v) is 11.2. The molecule has 0 aliphatic carbocycles. The van der Waals surface area contributed by atoms with Crippen LogP contribution in [-0.2, 0) is 27.1 Å². The number of cyclic esters (lactones) is 1. The van der Waals surface area contributed by atoms with Crippen molar-refractivity contribution in [2.24, 2.45) is 0 Å². The summed E-state index contributed by atoms with van der Waals surface area (Å²) in [6.07, 6.45) is -1.93. The van der Waals surface area contributed by atoms with E-state index in [9.17, 15) is 20.1 Å². The fourth-order valence-electron chi connectivity index (χ4n) is 4.70. The van der Waals surface area contributed by atoms with Gasteiger partial charge in [0.05, 0.1) is 19.8 Å². The standard InChI is InChI=1S/C25H28O7/c26-21-22(27)24(32-25(29)23(21)28)16-5-6-19(18-12-30-13-18)17(11-16)10-14-4-7-20-15(9-14)3-1-2-8-31-20/h4-7,9,11,18,21-24,26-28H,1-3,8,10,12-13H2. The molecule has 32 heavy (non-hydrogen) atoms. The molecule has 0 aromatic heterocycles. The van der Waals surface area contributed by atoms with Crippen molar-refractivity contribution < 1.29 is 34.3 Å². The number of hydrogen-bond acceptors (Lipinski definition) is 7. The zero-order chi connectivity index (χ0) is 22.2. The first-order valence-electron chi connectivity index (χ1n) is 11.2. The zero-order valence-electron chi connectivity index (χ0n) is 17.8. The Hall–Kier alpha value is -2.45. The molecule has 7 nitrogen and oxygen atoms in total. The predicted octanol–water partition coefficient (Wildman–Crippen LogP) is 1.79. The van der Waals surface area contributed by atoms with Crippen LogP contribution in [0.1, 0.15) is 52.7 Å². The van der Waals surface area contributed by atoms with E-state index in [0.29, 0.717) is 31.1 Å². The molecule has 5 rings (SSSR count). The van der Waals surface area contributed by atoms with E-state index >= 15 is 0 Å². The van der Waals surface area contributed by atoms with Gasteiger partial charge in [0, 0.05) is 5.92 Å². The molecule has 2 saturated heterocycles. The largest absolute Gasteiger partial charge is 0.493 e. The van der Waals surface area contributed by atoms with Crippen molar-refractivity contribution in [2.75, 3.05) is 19.8 Å². The highest BCUT2D eigenvalue weighted by Gasteiger charge is 2.44. The van der Waals surface area contributed by atoms with Gasteiger partial charge in [-0.1, -0.05) is 30.3 Å². The lowest BCUT2D eigenvalue weighted by Crippen LogP contribution is -2.51. The number of fused-ring (bicyclic) bond motifs is 1. The summed E-state index contributed by atoms with van der Waals surface area (Å²) in [5.74, 6) is 0.323. The van der Waals surface area contributed by atoms with Gasteiger partial charge in [-0.05, 0) is 59.6 Å². The van der Waals surface area contributed by atoms with Crippen LogP contribution in [0.5, 0.6) is 5.75 Å². The van der Waals surface area contributed by atoms with Gasteiger partial charge in [-0.3, -0.25) is 0 Å². The second kappa shape index (κ2) is 8.83. The lowest BCUT2D eigenvalue weighted by molar-refractivity contribution is -0.203. The number of hydrogen-bond donors (Lipinski definition) is 3. The molecule has 0 amide bonds. The van der Waals surface area contributed by atoms with Gasteiger partial charge in [0.15, 0.2) is 12.2 Å². The van der Waals surface area contributed by atoms with Crippen molar-refractivity contribution in [1.29, 1.82) is 0 Å². The Bertz CT molecular complexity index is 1000. The van der Waals surface area contributed by atoms with Crippen molar-refractivity contribution in [1.82, 2.24) is 0 Å². The van der Waals surface area contributed by atoms with E-state index < -0.39 is 30.4 Å². The van der Waals surface area contributed by atoms with Crippen LogP contribution >= 0.6 is 0 Å². The molecule has 4 atom stereocenters. The zero-order valence-corrected chi connectivity index (χ0v) is 17.8. The summed E-state index contributed by atoms with van der Waals surface area (Å²) < 4.78 is 16.5. The maximum Gasteiger partial charge on any atom is 0.338 e. The Labute approximate surface area is 186 Å². The number of aliphatic hydroxyl groups excluding tert-OH is 3. The number of benzene rings is 2. The smallest absolute Gasteiger partial charge is 0.338 e. The predicted molar refractivity (Wildman–Crippen MR) is 115 cm³/mol. The van der Waals surface area contributed by atoms with Gasteiger partial charge >= 0.3 is 5.97 Å². The maximum absolute atomic E-state index is 11.9. The highest BCUT2D eigenvalue weighted by molar-refractivity contribution is 5.76. The first kappa shape index (κ1) is 21.4. The average Bonchev–Trinajstić information content (AvgIpc) is 3.00. The van der Waals surface area contributed by atoms with Crippen LogP contribution in [0.2, 0.25) is 0 Å². The van der Waals surface area contributed by atoms with Gasteiger partial charge in [-0.15, -0.1) is 0 Å². The molecule has 2 aromatic rings. The van der Waals surface area contributed by atoms with Crippen LogP contribution in [0.3, 0.4) is 0 Å². The van der Waals surface area contributed by atoms with E-state index in [2.05, 4.69) is 12.1 Å². The van der Waals surface area contributed by atoms with Crippen LogP contribution < -0.4 is 4.74 Å². The topological polar surface area (TPSA) is 105 Å². The van der Waals surface area contributed by atoms with Crippen LogP contribution in [0.4, 0.5) is 0 Å². The quantitative estimate of drug-likeness (QED) is 0.623. The number of aliphatic hydroxyl groups is 3. The molecule has 0 saturated carbocycles. The van der Waals surface area contributed by atoms with E-state index in [4.69, 9.17) is 14.2 Å². The van der Waals surface area contributed by atoms with E-state index in [0.717, 1.165) is 42.7 Å². The summed E-state index contributed by atoms with van der Waals surface area (Å²) in [5, 5.41) is 30.2. The van der Waals surface area contributed by atoms with Crippen molar-refractivity contribution in [2.45, 2.75) is 56.0 Å². The molecule has 170 valence electrons. The lowest BCUT2D eigenvalue weighted by Gasteiger charge is -2.35. The third-order valence-electron chi connectivity index (χ3n) is 6.66. The highest BCUT2D eigenvalue weighted by atomic mass is 16.6. The Morgan fingerprint density at radius 3 is 2.59 bits per heavy atom. The van der Waals surface area contributed by atoms with Gasteiger partial charge < -0.3 is 29.5 Å². The molecular formula is C25H28O7. The van der Waals surface area contributed by atoms with Gasteiger partial charge in [-0.25, -0.2) is 4.79 Å². The minimum absolute atomic E-state index is 0.300. The normalized spacial score (nSPS) is 28.2. The van der Waals surface area contributed by atoms with Crippen LogP contribution in [-0.4, -0.2) is 59.4 Å². The monoisotopic (exact) mass is 440 g/mol. The molecule has 2 fully saturated rings. The van der Waals surface area contributed by atoms with E-state index in [1.54, 1.807) is 0 Å². The van der Waals surface area contributed by atoms with Gasteiger partial charge in [0.25, 0.3) is 0 Å². The number of rotatable bonds is 4. The summed E-state index contributed by atoms with van der Waals surface area (Å²) in [5.41, 5.74) is 5.20. The average molecular weight is 440 g/mol. The van der Waals surface area contributed by atoms with Crippen LogP contribution in [0.15, 0.2) is 36.4 Å². The third-order valence-corrected chi connectivity index (χ3v) is 6.66. The SMILES string of the molecule is O=C1OC(c2ccc(C3COC3)c(Cc3ccc4c(c3)CCCCO4)c2)C(O)C(O)C1O. The fourth-order valence-corrected chi connectivity index (χ4v) is 4.70. The molecule has 2 aromatic carbocycles. The molecular weight excluding hydrogens is 412 g/mol.